The predicted octanol–water partition coefficient (Wildman–Crippen LogP) is 1.07. The van der Waals surface area contributed by atoms with Gasteiger partial charge in [-0.3, -0.25) is 0 Å². The molecule has 2 rings (SSSR count). The highest BCUT2D eigenvalue weighted by atomic mass is 32.2. The highest BCUT2D eigenvalue weighted by molar-refractivity contribution is 7.89. The molecule has 106 valence electrons. The molecule has 6 heteroatoms. The Labute approximate surface area is 114 Å². The van der Waals surface area contributed by atoms with Crippen LogP contribution in [0.3, 0.4) is 0 Å². The molecule has 0 radical (unpaired) electrons. The summed E-state index contributed by atoms with van der Waals surface area (Å²) in [5.41, 5.74) is 0. The van der Waals surface area contributed by atoms with Gasteiger partial charge in [-0.15, -0.1) is 0 Å². The first-order valence-electron chi connectivity index (χ1n) is 6.52. The molecule has 1 aromatic carbocycles. The van der Waals surface area contributed by atoms with Gasteiger partial charge in [0.15, 0.2) is 0 Å². The van der Waals surface area contributed by atoms with Gasteiger partial charge in [0.1, 0.15) is 12.4 Å². The van der Waals surface area contributed by atoms with Crippen LogP contribution >= 0.6 is 0 Å². The average Bonchev–Trinajstić information content (AvgIpc) is 2.94. The van der Waals surface area contributed by atoms with Crippen LogP contribution in [-0.2, 0) is 10.0 Å². The topological polar surface area (TPSA) is 58.6 Å². The van der Waals surface area contributed by atoms with Gasteiger partial charge in [0.2, 0.25) is 10.0 Å². The van der Waals surface area contributed by atoms with Crippen LogP contribution in [0.2, 0.25) is 0 Å². The molecule has 5 nitrogen and oxygen atoms in total. The molecule has 1 heterocycles. The van der Waals surface area contributed by atoms with Gasteiger partial charge in [0.25, 0.3) is 0 Å². The van der Waals surface area contributed by atoms with Crippen LogP contribution < -0.4 is 10.1 Å². The smallest absolute Gasteiger partial charge is 0.243 e. The largest absolute Gasteiger partial charge is 0.492 e. The van der Waals surface area contributed by atoms with Gasteiger partial charge in [0.05, 0.1) is 4.90 Å². The molecule has 0 bridgehead atoms. The van der Waals surface area contributed by atoms with Crippen molar-refractivity contribution in [3.8, 4) is 5.75 Å². The van der Waals surface area contributed by atoms with Crippen molar-refractivity contribution < 1.29 is 13.2 Å². The second-order valence-corrected chi connectivity index (χ2v) is 6.47. The molecule has 0 unspecified atom stereocenters. The molecule has 1 N–H and O–H groups in total. The lowest BCUT2D eigenvalue weighted by Gasteiger charge is -2.15. The van der Waals surface area contributed by atoms with E-state index in [0.717, 1.165) is 19.4 Å². The summed E-state index contributed by atoms with van der Waals surface area (Å²) in [5, 5.41) is 2.98. The maximum atomic E-state index is 12.3. The Balaban J connectivity index is 2.05. The minimum atomic E-state index is -3.32. The van der Waals surface area contributed by atoms with E-state index < -0.39 is 10.0 Å². The average molecular weight is 284 g/mol. The van der Waals surface area contributed by atoms with Crippen molar-refractivity contribution in [2.24, 2.45) is 0 Å². The standard InChI is InChI=1S/C13H20N2O3S/c1-14-8-11-18-12-4-6-13(7-5-12)19(16,17)15-9-2-3-10-15/h4-7,14H,2-3,8-11H2,1H3. The lowest BCUT2D eigenvalue weighted by Crippen LogP contribution is -2.27. The van der Waals surface area contributed by atoms with E-state index in [0.29, 0.717) is 30.3 Å². The number of ether oxygens (including phenoxy) is 1. The maximum absolute atomic E-state index is 12.3. The molecule has 1 saturated heterocycles. The van der Waals surface area contributed by atoms with Crippen molar-refractivity contribution in [1.29, 1.82) is 0 Å². The second kappa shape index (κ2) is 6.36. The van der Waals surface area contributed by atoms with E-state index in [1.165, 1.54) is 0 Å². The van der Waals surface area contributed by atoms with E-state index in [4.69, 9.17) is 4.74 Å². The fraction of sp³-hybridized carbons (Fsp3) is 0.538. The molecular weight excluding hydrogens is 264 g/mol. The number of sulfonamides is 1. The summed E-state index contributed by atoms with van der Waals surface area (Å²) in [4.78, 5) is 0.343. The van der Waals surface area contributed by atoms with Crippen molar-refractivity contribution in [3.05, 3.63) is 24.3 Å². The molecule has 0 aromatic heterocycles. The summed E-state index contributed by atoms with van der Waals surface area (Å²) >= 11 is 0. The summed E-state index contributed by atoms with van der Waals surface area (Å²) in [6, 6.07) is 6.64. The van der Waals surface area contributed by atoms with E-state index in [9.17, 15) is 8.42 Å². The van der Waals surface area contributed by atoms with Gasteiger partial charge in [-0.1, -0.05) is 0 Å². The molecule has 19 heavy (non-hydrogen) atoms. The van der Waals surface area contributed by atoms with Crippen molar-refractivity contribution in [1.82, 2.24) is 9.62 Å². The van der Waals surface area contributed by atoms with Gasteiger partial charge in [0, 0.05) is 19.6 Å². The fourth-order valence-corrected chi connectivity index (χ4v) is 3.57. The first kappa shape index (κ1) is 14.3. The fourth-order valence-electron chi connectivity index (χ4n) is 2.06. The molecule has 0 saturated carbocycles. The zero-order chi connectivity index (χ0) is 13.7. The van der Waals surface area contributed by atoms with Crippen molar-refractivity contribution in [2.75, 3.05) is 33.3 Å². The van der Waals surface area contributed by atoms with Crippen LogP contribution in [0.1, 0.15) is 12.8 Å². The monoisotopic (exact) mass is 284 g/mol. The lowest BCUT2D eigenvalue weighted by atomic mass is 10.3. The van der Waals surface area contributed by atoms with E-state index in [-0.39, 0.29) is 0 Å². The molecule has 0 amide bonds. The van der Waals surface area contributed by atoms with Gasteiger partial charge in [-0.2, -0.15) is 4.31 Å². The van der Waals surface area contributed by atoms with Gasteiger partial charge < -0.3 is 10.1 Å². The first-order valence-corrected chi connectivity index (χ1v) is 7.96. The Morgan fingerprint density at radius 1 is 1.21 bits per heavy atom. The Kier molecular flexibility index (Phi) is 4.79. The molecular formula is C13H20N2O3S. The third-order valence-electron chi connectivity index (χ3n) is 3.15. The van der Waals surface area contributed by atoms with Crippen LogP contribution in [0.15, 0.2) is 29.2 Å². The van der Waals surface area contributed by atoms with E-state index in [1.54, 1.807) is 28.6 Å². The number of hydrogen-bond acceptors (Lipinski definition) is 4. The van der Waals surface area contributed by atoms with Crippen molar-refractivity contribution >= 4 is 10.0 Å². The van der Waals surface area contributed by atoms with Crippen molar-refractivity contribution in [2.45, 2.75) is 17.7 Å². The van der Waals surface area contributed by atoms with E-state index in [2.05, 4.69) is 5.32 Å². The Hall–Kier alpha value is -1.11. The Morgan fingerprint density at radius 3 is 2.42 bits per heavy atom. The van der Waals surface area contributed by atoms with Gasteiger partial charge in [-0.25, -0.2) is 8.42 Å². The van der Waals surface area contributed by atoms with Crippen LogP contribution in [0, 0.1) is 0 Å². The molecule has 1 aliphatic rings. The SMILES string of the molecule is CNCCOc1ccc(S(=O)(=O)N2CCCC2)cc1. The number of benzene rings is 1. The maximum Gasteiger partial charge on any atom is 0.243 e. The summed E-state index contributed by atoms with van der Waals surface area (Å²) in [6.45, 7) is 2.58. The second-order valence-electron chi connectivity index (χ2n) is 4.53. The van der Waals surface area contributed by atoms with Crippen LogP contribution in [0.5, 0.6) is 5.75 Å². The first-order chi connectivity index (χ1) is 9.14. The molecule has 0 spiro atoms. The number of nitrogens with zero attached hydrogens (tertiary/aromatic N) is 1. The van der Waals surface area contributed by atoms with Crippen molar-refractivity contribution in [3.63, 3.8) is 0 Å². The summed E-state index contributed by atoms with van der Waals surface area (Å²) in [7, 11) is -1.46. The zero-order valence-electron chi connectivity index (χ0n) is 11.1. The molecule has 1 aliphatic heterocycles. The highest BCUT2D eigenvalue weighted by Crippen LogP contribution is 2.22. The summed E-state index contributed by atoms with van der Waals surface area (Å²) < 4.78 is 31.6. The molecule has 0 atom stereocenters. The van der Waals surface area contributed by atoms with Crippen LogP contribution in [-0.4, -0.2) is 46.0 Å². The minimum absolute atomic E-state index is 0.343. The molecule has 1 fully saturated rings. The van der Waals surface area contributed by atoms with Gasteiger partial charge >= 0.3 is 0 Å². The number of likely N-dealkylation sites (N-methyl/N-ethyl adjacent to an activating group) is 1. The van der Waals surface area contributed by atoms with E-state index in [1.807, 2.05) is 7.05 Å². The number of hydrogen-bond donors (Lipinski definition) is 1. The highest BCUT2D eigenvalue weighted by Gasteiger charge is 2.26. The third kappa shape index (κ3) is 3.46. The number of nitrogens with one attached hydrogen (secondary N) is 1. The quantitative estimate of drug-likeness (QED) is 0.794. The Morgan fingerprint density at radius 2 is 1.84 bits per heavy atom. The predicted molar refractivity (Wildman–Crippen MR) is 73.9 cm³/mol. The third-order valence-corrected chi connectivity index (χ3v) is 5.06. The van der Waals surface area contributed by atoms with Gasteiger partial charge in [-0.05, 0) is 44.2 Å². The normalized spacial score (nSPS) is 16.7. The van der Waals surface area contributed by atoms with Crippen LogP contribution in [0.4, 0.5) is 0 Å². The van der Waals surface area contributed by atoms with Crippen LogP contribution in [0.25, 0.3) is 0 Å². The summed E-state index contributed by atoms with van der Waals surface area (Å²) in [5.74, 6) is 0.690. The number of rotatable bonds is 6. The molecule has 0 aliphatic carbocycles. The minimum Gasteiger partial charge on any atom is -0.492 e. The summed E-state index contributed by atoms with van der Waals surface area (Å²) in [6.07, 6.45) is 1.90. The Bertz CT molecular complexity index is 493. The molecule has 1 aromatic rings. The lowest BCUT2D eigenvalue weighted by molar-refractivity contribution is 0.318. The zero-order valence-corrected chi connectivity index (χ0v) is 11.9. The van der Waals surface area contributed by atoms with E-state index >= 15 is 0 Å².